The van der Waals surface area contributed by atoms with E-state index < -0.39 is 22.3 Å². The summed E-state index contributed by atoms with van der Waals surface area (Å²) in [6.45, 7) is 0. The maximum Gasteiger partial charge on any atom is 0.306 e. The molecule has 9 heteroatoms. The summed E-state index contributed by atoms with van der Waals surface area (Å²) in [7, 11) is 1.38. The quantitative estimate of drug-likeness (QED) is 0.680. The van der Waals surface area contributed by atoms with Gasteiger partial charge in [0.2, 0.25) is 11.7 Å². The van der Waals surface area contributed by atoms with Crippen molar-refractivity contribution < 1.29 is 18.8 Å². The lowest BCUT2D eigenvalue weighted by Crippen LogP contribution is -2.14. The highest BCUT2D eigenvalue weighted by Crippen LogP contribution is 2.22. The number of hydrogen-bond acceptors (Lipinski definition) is 6. The Hall–Kier alpha value is -3.10. The van der Waals surface area contributed by atoms with Crippen LogP contribution in [0.3, 0.4) is 0 Å². The maximum atomic E-state index is 13.2. The zero-order chi connectivity index (χ0) is 15.4. The molecule has 8 nitrogen and oxygen atoms in total. The number of halogens is 1. The van der Waals surface area contributed by atoms with E-state index in [2.05, 4.69) is 15.3 Å². The number of nitrogens with zero attached hydrogens (tertiary/aromatic N) is 3. The highest BCUT2D eigenvalue weighted by molar-refractivity contribution is 6.03. The summed E-state index contributed by atoms with van der Waals surface area (Å²) in [6, 6.07) is 4.33. The molecular formula is C12H9FN4O4. The van der Waals surface area contributed by atoms with Crippen LogP contribution in [-0.2, 0) is 0 Å². The fourth-order valence-electron chi connectivity index (χ4n) is 1.50. The first kappa shape index (κ1) is 14.3. The SMILES string of the molecule is COc1cc(C(=O)Nc2ccc(F)c([N+](=O)[O-])c2)ncn1. The molecule has 0 saturated heterocycles. The predicted octanol–water partition coefficient (Wildman–Crippen LogP) is 1.78. The fraction of sp³-hybridized carbons (Fsp3) is 0.0833. The van der Waals surface area contributed by atoms with Gasteiger partial charge in [0.15, 0.2) is 0 Å². The number of nitro benzene ring substituents is 1. The van der Waals surface area contributed by atoms with Gasteiger partial charge in [-0.15, -0.1) is 0 Å². The largest absolute Gasteiger partial charge is 0.481 e. The van der Waals surface area contributed by atoms with Gasteiger partial charge in [0, 0.05) is 17.8 Å². The van der Waals surface area contributed by atoms with Crippen LogP contribution in [0.25, 0.3) is 0 Å². The van der Waals surface area contributed by atoms with Crippen LogP contribution in [0.5, 0.6) is 5.88 Å². The van der Waals surface area contributed by atoms with Crippen LogP contribution in [0, 0.1) is 15.9 Å². The lowest BCUT2D eigenvalue weighted by atomic mass is 10.2. The lowest BCUT2D eigenvalue weighted by Gasteiger charge is -2.05. The summed E-state index contributed by atoms with van der Waals surface area (Å²) in [5.41, 5.74) is -0.646. The summed E-state index contributed by atoms with van der Waals surface area (Å²) < 4.78 is 18.0. The molecule has 1 N–H and O–H groups in total. The standard InChI is InChI=1S/C12H9FN4O4/c1-21-11-5-9(14-6-15-11)12(18)16-7-2-3-8(13)10(4-7)17(19)20/h2-6H,1H3,(H,16,18). The summed E-state index contributed by atoms with van der Waals surface area (Å²) in [5, 5.41) is 13.0. The molecule has 108 valence electrons. The Morgan fingerprint density at radius 2 is 2.14 bits per heavy atom. The molecule has 0 aliphatic carbocycles. The van der Waals surface area contributed by atoms with E-state index in [1.807, 2.05) is 0 Å². The van der Waals surface area contributed by atoms with Crippen molar-refractivity contribution in [3.8, 4) is 5.88 Å². The zero-order valence-electron chi connectivity index (χ0n) is 10.7. The topological polar surface area (TPSA) is 107 Å². The fourth-order valence-corrected chi connectivity index (χ4v) is 1.50. The zero-order valence-corrected chi connectivity index (χ0v) is 10.7. The number of hydrogen-bond donors (Lipinski definition) is 1. The van der Waals surface area contributed by atoms with Gasteiger partial charge in [-0.2, -0.15) is 4.39 Å². The summed E-state index contributed by atoms with van der Waals surface area (Å²) in [4.78, 5) is 29.2. The number of rotatable bonds is 4. The van der Waals surface area contributed by atoms with Crippen LogP contribution in [0.15, 0.2) is 30.6 Å². The van der Waals surface area contributed by atoms with Gasteiger partial charge in [0.25, 0.3) is 5.91 Å². The number of benzene rings is 1. The molecule has 0 aliphatic heterocycles. The molecule has 0 saturated carbocycles. The second-order valence-corrected chi connectivity index (χ2v) is 3.82. The smallest absolute Gasteiger partial charge is 0.306 e. The Labute approximate surface area is 117 Å². The number of methoxy groups -OCH3 is 1. The average molecular weight is 292 g/mol. The van der Waals surface area contributed by atoms with E-state index in [0.717, 1.165) is 18.5 Å². The van der Waals surface area contributed by atoms with Crippen molar-refractivity contribution in [3.63, 3.8) is 0 Å². The molecule has 0 radical (unpaired) electrons. The van der Waals surface area contributed by atoms with E-state index in [-0.39, 0.29) is 17.3 Å². The minimum absolute atomic E-state index is 0.00817. The number of aromatic nitrogens is 2. The molecule has 1 heterocycles. The lowest BCUT2D eigenvalue weighted by molar-refractivity contribution is -0.387. The molecule has 21 heavy (non-hydrogen) atoms. The molecule has 0 atom stereocenters. The Kier molecular flexibility index (Phi) is 4.02. The number of carbonyl (C=O) groups excluding carboxylic acids is 1. The third-order valence-corrected chi connectivity index (χ3v) is 2.48. The van der Waals surface area contributed by atoms with E-state index in [1.54, 1.807) is 0 Å². The Morgan fingerprint density at radius 1 is 1.38 bits per heavy atom. The van der Waals surface area contributed by atoms with Gasteiger partial charge in [-0.05, 0) is 12.1 Å². The van der Waals surface area contributed by atoms with Crippen LogP contribution in [0.4, 0.5) is 15.8 Å². The van der Waals surface area contributed by atoms with Crippen molar-refractivity contribution in [1.82, 2.24) is 9.97 Å². The molecule has 0 fully saturated rings. The third kappa shape index (κ3) is 3.26. The first-order valence-corrected chi connectivity index (χ1v) is 5.62. The summed E-state index contributed by atoms with van der Waals surface area (Å²) in [6.07, 6.45) is 1.14. The van der Waals surface area contributed by atoms with Gasteiger partial charge >= 0.3 is 5.69 Å². The summed E-state index contributed by atoms with van der Waals surface area (Å²) >= 11 is 0. The van der Waals surface area contributed by atoms with Crippen LogP contribution < -0.4 is 10.1 Å². The minimum atomic E-state index is -0.985. The molecule has 1 aromatic carbocycles. The maximum absolute atomic E-state index is 13.2. The van der Waals surface area contributed by atoms with Crippen LogP contribution in [0.1, 0.15) is 10.5 Å². The molecule has 0 bridgehead atoms. The number of nitro groups is 1. The Balaban J connectivity index is 2.23. The number of carbonyl (C=O) groups is 1. The first-order chi connectivity index (χ1) is 10.0. The van der Waals surface area contributed by atoms with Crippen molar-refractivity contribution >= 4 is 17.3 Å². The van der Waals surface area contributed by atoms with Crippen LogP contribution in [0.2, 0.25) is 0 Å². The molecule has 1 aromatic heterocycles. The average Bonchev–Trinajstić information content (AvgIpc) is 2.49. The number of amides is 1. The van der Waals surface area contributed by atoms with Crippen molar-refractivity contribution in [2.45, 2.75) is 0 Å². The summed E-state index contributed by atoms with van der Waals surface area (Å²) in [5.74, 6) is -1.42. The highest BCUT2D eigenvalue weighted by Gasteiger charge is 2.16. The van der Waals surface area contributed by atoms with Gasteiger partial charge in [-0.3, -0.25) is 14.9 Å². The second-order valence-electron chi connectivity index (χ2n) is 3.82. The van der Waals surface area contributed by atoms with Gasteiger partial charge < -0.3 is 10.1 Å². The molecule has 0 aliphatic rings. The molecule has 0 spiro atoms. The van der Waals surface area contributed by atoms with Crippen LogP contribution >= 0.6 is 0 Å². The van der Waals surface area contributed by atoms with Gasteiger partial charge in [-0.1, -0.05) is 0 Å². The van der Waals surface area contributed by atoms with E-state index in [9.17, 15) is 19.3 Å². The molecule has 0 unspecified atom stereocenters. The van der Waals surface area contributed by atoms with Gasteiger partial charge in [0.05, 0.1) is 12.0 Å². The predicted molar refractivity (Wildman–Crippen MR) is 69.6 cm³/mol. The minimum Gasteiger partial charge on any atom is -0.481 e. The van der Waals surface area contributed by atoms with E-state index in [1.165, 1.54) is 19.2 Å². The highest BCUT2D eigenvalue weighted by atomic mass is 19.1. The van der Waals surface area contributed by atoms with Gasteiger partial charge in [0.1, 0.15) is 12.0 Å². The van der Waals surface area contributed by atoms with E-state index >= 15 is 0 Å². The Morgan fingerprint density at radius 3 is 2.81 bits per heavy atom. The number of nitrogens with one attached hydrogen (secondary N) is 1. The molecule has 2 aromatic rings. The van der Waals surface area contributed by atoms with E-state index in [0.29, 0.717) is 0 Å². The second kappa shape index (κ2) is 5.90. The normalized spacial score (nSPS) is 10.0. The van der Waals surface area contributed by atoms with Gasteiger partial charge in [-0.25, -0.2) is 9.97 Å². The number of anilines is 1. The first-order valence-electron chi connectivity index (χ1n) is 5.62. The third-order valence-electron chi connectivity index (χ3n) is 2.48. The van der Waals surface area contributed by atoms with Crippen molar-refractivity contribution in [2.75, 3.05) is 12.4 Å². The van der Waals surface area contributed by atoms with E-state index in [4.69, 9.17) is 4.74 Å². The van der Waals surface area contributed by atoms with Crippen molar-refractivity contribution in [2.24, 2.45) is 0 Å². The molecular weight excluding hydrogens is 283 g/mol. The monoisotopic (exact) mass is 292 g/mol. The van der Waals surface area contributed by atoms with Crippen molar-refractivity contribution in [1.29, 1.82) is 0 Å². The van der Waals surface area contributed by atoms with Crippen molar-refractivity contribution in [3.05, 3.63) is 52.2 Å². The number of ether oxygens (including phenoxy) is 1. The van der Waals surface area contributed by atoms with Crippen LogP contribution in [-0.4, -0.2) is 27.9 Å². The molecule has 2 rings (SSSR count). The Bertz CT molecular complexity index is 707. The molecule has 1 amide bonds.